The number of fused-ring (bicyclic) bond motifs is 2. The van der Waals surface area contributed by atoms with Gasteiger partial charge in [0.2, 0.25) is 0 Å². The normalized spacial score (nSPS) is 17.0. The van der Waals surface area contributed by atoms with Crippen molar-refractivity contribution in [2.45, 2.75) is 56.9 Å². The van der Waals surface area contributed by atoms with Gasteiger partial charge in [-0.2, -0.15) is 13.2 Å². The van der Waals surface area contributed by atoms with E-state index in [4.69, 9.17) is 22.1 Å². The van der Waals surface area contributed by atoms with E-state index >= 15 is 4.39 Å². The van der Waals surface area contributed by atoms with Crippen LogP contribution in [0, 0.1) is 5.82 Å². The van der Waals surface area contributed by atoms with Crippen molar-refractivity contribution in [1.82, 2.24) is 14.0 Å². The summed E-state index contributed by atoms with van der Waals surface area (Å²) < 4.78 is 65.1. The number of hydrogen-bond donors (Lipinski definition) is 1. The fourth-order valence-corrected chi connectivity index (χ4v) is 6.67. The summed E-state index contributed by atoms with van der Waals surface area (Å²) in [6, 6.07) is 18.3. The van der Waals surface area contributed by atoms with E-state index in [2.05, 4.69) is 4.90 Å². The Morgan fingerprint density at radius 3 is 2.33 bits per heavy atom. The second kappa shape index (κ2) is 12.2. The number of hydrogen-bond acceptors (Lipinski definition) is 5. The topological polar surface area (TPSA) is 82.5 Å². The van der Waals surface area contributed by atoms with Crippen LogP contribution in [0.15, 0.2) is 82.4 Å². The minimum atomic E-state index is -4.86. The Morgan fingerprint density at radius 1 is 0.933 bits per heavy atom. The minimum Gasteiger partial charge on any atom is -0.364 e. The average molecular weight is 643 g/mol. The van der Waals surface area contributed by atoms with Gasteiger partial charge < -0.3 is 10.5 Å². The molecule has 4 aromatic rings. The van der Waals surface area contributed by atoms with Crippen molar-refractivity contribution < 1.29 is 22.3 Å². The molecule has 1 spiro atoms. The van der Waals surface area contributed by atoms with Crippen LogP contribution in [0.2, 0.25) is 5.02 Å². The van der Waals surface area contributed by atoms with E-state index in [0.29, 0.717) is 43.1 Å². The fourth-order valence-electron chi connectivity index (χ4n) is 6.46. The number of alkyl halides is 3. The number of halogens is 5. The molecule has 2 aliphatic rings. The van der Waals surface area contributed by atoms with Gasteiger partial charge in [-0.05, 0) is 48.2 Å². The second-order valence-electron chi connectivity index (χ2n) is 11.6. The molecule has 45 heavy (non-hydrogen) atoms. The summed E-state index contributed by atoms with van der Waals surface area (Å²) in [7, 11) is 0. The monoisotopic (exact) mass is 642 g/mol. The molecule has 1 atom stereocenters. The van der Waals surface area contributed by atoms with Gasteiger partial charge in [0.1, 0.15) is 11.4 Å². The predicted octanol–water partition coefficient (Wildman–Crippen LogP) is 5.59. The van der Waals surface area contributed by atoms with Crippen LogP contribution >= 0.6 is 11.6 Å². The predicted molar refractivity (Wildman–Crippen MR) is 161 cm³/mol. The minimum absolute atomic E-state index is 0.161. The highest BCUT2D eigenvalue weighted by Crippen LogP contribution is 2.43. The highest BCUT2D eigenvalue weighted by molar-refractivity contribution is 6.30. The summed E-state index contributed by atoms with van der Waals surface area (Å²) in [6.07, 6.45) is -4.04. The third-order valence-electron chi connectivity index (χ3n) is 8.78. The van der Waals surface area contributed by atoms with Gasteiger partial charge in [-0.1, -0.05) is 60.1 Å². The van der Waals surface area contributed by atoms with Crippen molar-refractivity contribution in [2.75, 3.05) is 13.1 Å². The molecular formula is C33H31ClF4N4O3. The number of ether oxygens (including phenoxy) is 1. The fraction of sp³-hybridized carbons (Fsp3) is 0.333. The maximum absolute atomic E-state index is 15.0. The zero-order valence-electron chi connectivity index (χ0n) is 24.2. The van der Waals surface area contributed by atoms with E-state index in [0.717, 1.165) is 32.9 Å². The molecule has 1 fully saturated rings. The molecular weight excluding hydrogens is 612 g/mol. The summed E-state index contributed by atoms with van der Waals surface area (Å²) in [6.45, 7) is 0.612. The molecule has 3 heterocycles. The van der Waals surface area contributed by atoms with E-state index in [1.165, 1.54) is 0 Å². The van der Waals surface area contributed by atoms with Crippen molar-refractivity contribution in [3.05, 3.63) is 138 Å². The second-order valence-corrected chi connectivity index (χ2v) is 12.0. The molecule has 0 radical (unpaired) electrons. The largest absolute Gasteiger partial charge is 0.416 e. The van der Waals surface area contributed by atoms with Crippen molar-refractivity contribution >= 4 is 11.6 Å². The van der Waals surface area contributed by atoms with Crippen molar-refractivity contribution in [3.63, 3.8) is 0 Å². The third kappa shape index (κ3) is 6.09. The molecule has 0 unspecified atom stereocenters. The van der Waals surface area contributed by atoms with E-state index < -0.39 is 52.6 Å². The molecule has 0 bridgehead atoms. The van der Waals surface area contributed by atoms with Gasteiger partial charge in [-0.15, -0.1) is 0 Å². The van der Waals surface area contributed by atoms with Gasteiger partial charge in [0.05, 0.1) is 36.5 Å². The van der Waals surface area contributed by atoms with Crippen LogP contribution in [-0.4, -0.2) is 27.1 Å². The summed E-state index contributed by atoms with van der Waals surface area (Å²) in [5.41, 5.74) is 4.09. The first-order valence-electron chi connectivity index (χ1n) is 14.6. The van der Waals surface area contributed by atoms with Crippen molar-refractivity contribution in [2.24, 2.45) is 5.73 Å². The van der Waals surface area contributed by atoms with Crippen LogP contribution in [0.5, 0.6) is 0 Å². The average Bonchev–Trinajstić information content (AvgIpc) is 3.37. The first-order valence-corrected chi connectivity index (χ1v) is 15.0. The molecule has 1 aromatic heterocycles. The van der Waals surface area contributed by atoms with E-state index in [1.54, 1.807) is 36.4 Å². The number of nitrogens with two attached hydrogens (primary N) is 1. The van der Waals surface area contributed by atoms with Crippen LogP contribution in [0.1, 0.15) is 52.4 Å². The van der Waals surface area contributed by atoms with Crippen molar-refractivity contribution in [3.8, 4) is 0 Å². The Kier molecular flexibility index (Phi) is 8.47. The zero-order chi connectivity index (χ0) is 31.9. The maximum atomic E-state index is 15.0. The van der Waals surface area contributed by atoms with Crippen LogP contribution in [-0.2, 0) is 42.8 Å². The number of nitrogens with zero attached hydrogens (tertiary/aromatic N) is 3. The van der Waals surface area contributed by atoms with E-state index in [9.17, 15) is 22.8 Å². The van der Waals surface area contributed by atoms with Gasteiger partial charge in [-0.25, -0.2) is 9.18 Å². The molecule has 2 aliphatic heterocycles. The van der Waals surface area contributed by atoms with Crippen molar-refractivity contribution in [1.29, 1.82) is 0 Å². The lowest BCUT2D eigenvalue weighted by Gasteiger charge is -2.39. The van der Waals surface area contributed by atoms with E-state index in [-0.39, 0.29) is 24.4 Å². The Morgan fingerprint density at radius 2 is 1.64 bits per heavy atom. The quantitative estimate of drug-likeness (QED) is 0.266. The molecule has 0 amide bonds. The van der Waals surface area contributed by atoms with Gasteiger partial charge >= 0.3 is 11.9 Å². The third-order valence-corrected chi connectivity index (χ3v) is 9.02. The maximum Gasteiger partial charge on any atom is 0.416 e. The molecule has 12 heteroatoms. The smallest absolute Gasteiger partial charge is 0.364 e. The summed E-state index contributed by atoms with van der Waals surface area (Å²) >= 11 is 6.16. The SMILES string of the molecule is N[C@H](Cn1c(=O)c2c(n(Cc3c(F)cccc3C(F)(F)F)c1=O)COC21CCN(Cc2cccc(Cl)c2)CC1)c1ccccc1. The molecule has 3 aromatic carbocycles. The molecule has 0 aliphatic carbocycles. The molecule has 1 saturated heterocycles. The molecule has 7 nitrogen and oxygen atoms in total. The number of aromatic nitrogens is 2. The zero-order valence-corrected chi connectivity index (χ0v) is 25.0. The highest BCUT2D eigenvalue weighted by Gasteiger charge is 2.47. The van der Waals surface area contributed by atoms with Crippen LogP contribution in [0.4, 0.5) is 17.6 Å². The lowest BCUT2D eigenvalue weighted by atomic mass is 9.85. The number of piperidine rings is 1. The van der Waals surface area contributed by atoms with Gasteiger partial charge in [0.25, 0.3) is 5.56 Å². The van der Waals surface area contributed by atoms with Gasteiger partial charge in [-0.3, -0.25) is 18.8 Å². The first-order chi connectivity index (χ1) is 21.5. The number of rotatable bonds is 7. The Bertz CT molecular complexity index is 1830. The Labute approximate surface area is 261 Å². The summed E-state index contributed by atoms with van der Waals surface area (Å²) in [5, 5.41) is 0.629. The first kappa shape index (κ1) is 31.2. The Balaban J connectivity index is 1.42. The lowest BCUT2D eigenvalue weighted by Crippen LogP contribution is -2.49. The molecule has 236 valence electrons. The number of likely N-dealkylation sites (tertiary alicyclic amines) is 1. The van der Waals surface area contributed by atoms with Crippen LogP contribution in [0.3, 0.4) is 0 Å². The van der Waals surface area contributed by atoms with E-state index in [1.807, 2.05) is 18.2 Å². The van der Waals surface area contributed by atoms with Gasteiger partial charge in [0.15, 0.2) is 0 Å². The molecule has 0 saturated carbocycles. The molecule has 2 N–H and O–H groups in total. The summed E-state index contributed by atoms with van der Waals surface area (Å²) in [4.78, 5) is 30.3. The Hall–Kier alpha value is -3.77. The standard InChI is InChI=1S/C33H31ClF4N4O3/c34-23-9-4-6-21(16-23)17-40-14-12-32(13-15-40)29-28(20-45-32)41(18-24-25(33(36,37)38)10-5-11-26(24)35)31(44)42(30(29)43)19-27(39)22-7-2-1-3-8-22/h1-11,16,27H,12-15,17-20,39H2/t27-/m1/s1. The van der Waals surface area contributed by atoms with Crippen LogP contribution < -0.4 is 17.0 Å². The highest BCUT2D eigenvalue weighted by atomic mass is 35.5. The lowest BCUT2D eigenvalue weighted by molar-refractivity contribution is -0.138. The number of benzene rings is 3. The summed E-state index contributed by atoms with van der Waals surface area (Å²) in [5.74, 6) is -1.10. The van der Waals surface area contributed by atoms with Crippen LogP contribution in [0.25, 0.3) is 0 Å². The van der Waals surface area contributed by atoms with Gasteiger partial charge in [0, 0.05) is 36.3 Å². The molecule has 6 rings (SSSR count).